The average Bonchev–Trinajstić information content (AvgIpc) is 1.96. The Hall–Kier alpha value is -0.540. The summed E-state index contributed by atoms with van der Waals surface area (Å²) in [6.07, 6.45) is 0. The molecule has 0 atom stereocenters. The van der Waals surface area contributed by atoms with Crippen molar-refractivity contribution in [2.75, 3.05) is 0 Å². The van der Waals surface area contributed by atoms with Crippen LogP contribution in [0.2, 0.25) is 5.02 Å². The molecule has 0 saturated heterocycles. The molecule has 0 saturated carbocycles. The number of benzene rings is 1. The number of Topliss-reactive ketones (excluding diaryl/α,β-unsaturated/α-hetero) is 1. The van der Waals surface area contributed by atoms with E-state index in [9.17, 15) is 4.79 Å². The van der Waals surface area contributed by atoms with Crippen LogP contribution in [0.15, 0.2) is 16.6 Å². The Bertz CT molecular complexity index is 336. The van der Waals surface area contributed by atoms with Crippen molar-refractivity contribution in [2.45, 2.75) is 6.92 Å². The zero-order valence-electron chi connectivity index (χ0n) is 6.27. The van der Waals surface area contributed by atoms with Crippen LogP contribution >= 0.6 is 27.5 Å². The number of hydrogen-bond donors (Lipinski definition) is 1. The van der Waals surface area contributed by atoms with Gasteiger partial charge in [0.05, 0.1) is 9.50 Å². The van der Waals surface area contributed by atoms with E-state index < -0.39 is 0 Å². The summed E-state index contributed by atoms with van der Waals surface area (Å²) in [5.74, 6) is -0.0919. The van der Waals surface area contributed by atoms with Gasteiger partial charge in [-0.2, -0.15) is 0 Å². The smallest absolute Gasteiger partial charge is 0.161 e. The van der Waals surface area contributed by atoms with E-state index in [1.54, 1.807) is 0 Å². The predicted molar refractivity (Wildman–Crippen MR) is 50.8 cm³/mol. The summed E-state index contributed by atoms with van der Waals surface area (Å²) in [5.41, 5.74) is 0.404. The van der Waals surface area contributed by atoms with Crippen molar-refractivity contribution in [3.8, 4) is 5.75 Å². The van der Waals surface area contributed by atoms with Gasteiger partial charge in [-0.25, -0.2) is 0 Å². The van der Waals surface area contributed by atoms with Gasteiger partial charge in [0.2, 0.25) is 0 Å². The Morgan fingerprint density at radius 1 is 1.58 bits per heavy atom. The molecule has 2 nitrogen and oxygen atoms in total. The van der Waals surface area contributed by atoms with Crippen LogP contribution in [0.4, 0.5) is 0 Å². The number of carbonyl (C=O) groups is 1. The molecule has 0 bridgehead atoms. The molecule has 0 aliphatic rings. The van der Waals surface area contributed by atoms with Gasteiger partial charge in [0, 0.05) is 11.6 Å². The molecule has 0 aliphatic carbocycles. The summed E-state index contributed by atoms with van der Waals surface area (Å²) in [7, 11) is 0. The van der Waals surface area contributed by atoms with Crippen LogP contribution < -0.4 is 0 Å². The summed E-state index contributed by atoms with van der Waals surface area (Å²) >= 11 is 8.78. The summed E-state index contributed by atoms with van der Waals surface area (Å²) < 4.78 is 0.470. The third kappa shape index (κ3) is 1.79. The van der Waals surface area contributed by atoms with Crippen LogP contribution in [-0.2, 0) is 0 Å². The highest BCUT2D eigenvalue weighted by Gasteiger charge is 2.08. The van der Waals surface area contributed by atoms with Crippen LogP contribution in [0.1, 0.15) is 17.3 Å². The van der Waals surface area contributed by atoms with Gasteiger partial charge in [-0.15, -0.1) is 0 Å². The first-order valence-electron chi connectivity index (χ1n) is 3.21. The van der Waals surface area contributed by atoms with Crippen LogP contribution in [0, 0.1) is 0 Å². The van der Waals surface area contributed by atoms with Crippen LogP contribution in [0.25, 0.3) is 0 Å². The Labute approximate surface area is 83.3 Å². The molecule has 0 aromatic heterocycles. The van der Waals surface area contributed by atoms with Gasteiger partial charge in [-0.05, 0) is 28.9 Å². The Morgan fingerprint density at radius 2 is 2.17 bits per heavy atom. The molecule has 0 fully saturated rings. The maximum atomic E-state index is 10.9. The van der Waals surface area contributed by atoms with E-state index in [4.69, 9.17) is 16.7 Å². The van der Waals surface area contributed by atoms with Crippen LogP contribution in [-0.4, -0.2) is 10.9 Å². The normalized spacial score (nSPS) is 9.92. The number of hydrogen-bond acceptors (Lipinski definition) is 2. The van der Waals surface area contributed by atoms with Crippen molar-refractivity contribution < 1.29 is 9.90 Å². The minimum Gasteiger partial charge on any atom is -0.507 e. The number of halogens is 2. The summed E-state index contributed by atoms with van der Waals surface area (Å²) in [6.45, 7) is 1.42. The fourth-order valence-electron chi connectivity index (χ4n) is 0.806. The molecule has 0 amide bonds. The number of aromatic hydroxyl groups is 1. The molecule has 0 unspecified atom stereocenters. The zero-order chi connectivity index (χ0) is 9.30. The number of rotatable bonds is 1. The lowest BCUT2D eigenvalue weighted by atomic mass is 10.1. The second kappa shape index (κ2) is 3.46. The molecule has 0 radical (unpaired) electrons. The van der Waals surface area contributed by atoms with Gasteiger partial charge < -0.3 is 5.11 Å². The summed E-state index contributed by atoms with van der Waals surface area (Å²) in [4.78, 5) is 10.9. The predicted octanol–water partition coefficient (Wildman–Crippen LogP) is 3.01. The number of phenols is 1. The highest BCUT2D eigenvalue weighted by Crippen LogP contribution is 2.30. The first kappa shape index (κ1) is 9.55. The van der Waals surface area contributed by atoms with Crippen molar-refractivity contribution in [1.82, 2.24) is 0 Å². The third-order valence-corrected chi connectivity index (χ3v) is 2.36. The highest BCUT2D eigenvalue weighted by molar-refractivity contribution is 9.10. The topological polar surface area (TPSA) is 37.3 Å². The van der Waals surface area contributed by atoms with E-state index in [1.807, 2.05) is 0 Å². The lowest BCUT2D eigenvalue weighted by molar-refractivity contribution is 0.101. The minimum absolute atomic E-state index is 0.0324. The van der Waals surface area contributed by atoms with E-state index in [0.29, 0.717) is 10.0 Å². The van der Waals surface area contributed by atoms with Crippen LogP contribution in [0.3, 0.4) is 0 Å². The number of carbonyl (C=O) groups excluding carboxylic acids is 1. The summed E-state index contributed by atoms with van der Waals surface area (Å²) in [6, 6.07) is 2.84. The van der Waals surface area contributed by atoms with E-state index >= 15 is 0 Å². The van der Waals surface area contributed by atoms with E-state index in [0.717, 1.165) is 0 Å². The Kier molecular flexibility index (Phi) is 2.75. The first-order chi connectivity index (χ1) is 5.52. The number of phenolic OH excluding ortho intramolecular Hbond substituents is 1. The van der Waals surface area contributed by atoms with Crippen molar-refractivity contribution in [1.29, 1.82) is 0 Å². The second-order valence-corrected chi connectivity index (χ2v) is 3.60. The van der Waals surface area contributed by atoms with Gasteiger partial charge >= 0.3 is 0 Å². The molecule has 1 aromatic rings. The maximum absolute atomic E-state index is 10.9. The van der Waals surface area contributed by atoms with Gasteiger partial charge in [0.25, 0.3) is 0 Å². The van der Waals surface area contributed by atoms with Crippen molar-refractivity contribution in [3.63, 3.8) is 0 Å². The standard InChI is InChI=1S/C8H6BrClO2/c1-4(11)5-2-6(9)8(12)3-7(5)10/h2-3,12H,1H3. The Balaban J connectivity index is 3.33. The molecule has 4 heteroatoms. The van der Waals surface area contributed by atoms with Crippen LogP contribution in [0.5, 0.6) is 5.75 Å². The quantitative estimate of drug-likeness (QED) is 0.777. The van der Waals surface area contributed by atoms with E-state index in [-0.39, 0.29) is 16.6 Å². The molecule has 12 heavy (non-hydrogen) atoms. The first-order valence-corrected chi connectivity index (χ1v) is 4.38. The average molecular weight is 249 g/mol. The molecule has 1 rings (SSSR count). The lowest BCUT2D eigenvalue weighted by Crippen LogP contribution is -1.92. The van der Waals surface area contributed by atoms with Gasteiger partial charge in [-0.3, -0.25) is 4.79 Å². The molecule has 0 spiro atoms. The largest absolute Gasteiger partial charge is 0.507 e. The van der Waals surface area contributed by atoms with Gasteiger partial charge in [-0.1, -0.05) is 11.6 Å². The summed E-state index contributed by atoms with van der Waals surface area (Å²) in [5, 5.41) is 9.43. The number of ketones is 1. The zero-order valence-corrected chi connectivity index (χ0v) is 8.61. The molecule has 0 aliphatic heterocycles. The highest BCUT2D eigenvalue weighted by atomic mass is 79.9. The molecule has 1 aromatic carbocycles. The van der Waals surface area contributed by atoms with Gasteiger partial charge in [0.1, 0.15) is 5.75 Å². The SMILES string of the molecule is CC(=O)c1cc(Br)c(O)cc1Cl. The van der Waals surface area contributed by atoms with Crippen molar-refractivity contribution in [3.05, 3.63) is 27.2 Å². The monoisotopic (exact) mass is 248 g/mol. The maximum Gasteiger partial charge on any atom is 0.161 e. The fraction of sp³-hybridized carbons (Fsp3) is 0.125. The molecular weight excluding hydrogens is 243 g/mol. The van der Waals surface area contributed by atoms with Crippen molar-refractivity contribution >= 4 is 33.3 Å². The van der Waals surface area contributed by atoms with Gasteiger partial charge in [0.15, 0.2) is 5.78 Å². The lowest BCUT2D eigenvalue weighted by Gasteiger charge is -2.02. The minimum atomic E-state index is -0.124. The third-order valence-electron chi connectivity index (χ3n) is 1.42. The molecule has 0 heterocycles. The fourth-order valence-corrected chi connectivity index (χ4v) is 1.44. The molecule has 1 N–H and O–H groups in total. The molecule has 64 valence electrons. The van der Waals surface area contributed by atoms with E-state index in [2.05, 4.69) is 15.9 Å². The molecular formula is C8H6BrClO2. The van der Waals surface area contributed by atoms with E-state index in [1.165, 1.54) is 19.1 Å². The Morgan fingerprint density at radius 3 is 2.67 bits per heavy atom. The van der Waals surface area contributed by atoms with Crippen molar-refractivity contribution in [2.24, 2.45) is 0 Å². The second-order valence-electron chi connectivity index (χ2n) is 2.34.